The lowest BCUT2D eigenvalue weighted by molar-refractivity contribution is -0.384. The third kappa shape index (κ3) is 3.86. The lowest BCUT2D eigenvalue weighted by Crippen LogP contribution is -2.34. The molecule has 1 unspecified atom stereocenters. The van der Waals surface area contributed by atoms with E-state index in [-0.39, 0.29) is 5.69 Å². The number of nitrogens with two attached hydrogens (primary N) is 1. The summed E-state index contributed by atoms with van der Waals surface area (Å²) >= 11 is 0. The molecule has 1 aromatic carbocycles. The second-order valence-electron chi connectivity index (χ2n) is 3.90. The number of hydrogen-bond donors (Lipinski definition) is 3. The molecule has 4 N–H and O–H groups in total. The first-order chi connectivity index (χ1) is 9.77. The zero-order valence-electron chi connectivity index (χ0n) is 10.8. The SMILES string of the molecule is COC(=O)c1cc(NCC(O)C(N)=O)c([N+](=O)[O-])cc1F. The van der Waals surface area contributed by atoms with E-state index in [0.717, 1.165) is 13.2 Å². The van der Waals surface area contributed by atoms with E-state index in [2.05, 4.69) is 10.1 Å². The van der Waals surface area contributed by atoms with Gasteiger partial charge in [0, 0.05) is 0 Å². The molecule has 0 heterocycles. The van der Waals surface area contributed by atoms with Gasteiger partial charge in [-0.05, 0) is 6.07 Å². The van der Waals surface area contributed by atoms with Crippen LogP contribution in [0.4, 0.5) is 15.8 Å². The second kappa shape index (κ2) is 6.61. The summed E-state index contributed by atoms with van der Waals surface area (Å²) < 4.78 is 17.9. The summed E-state index contributed by atoms with van der Waals surface area (Å²) in [5.74, 6) is -3.20. The monoisotopic (exact) mass is 301 g/mol. The number of nitrogens with zero attached hydrogens (tertiary/aromatic N) is 1. The highest BCUT2D eigenvalue weighted by molar-refractivity contribution is 5.92. The van der Waals surface area contributed by atoms with Gasteiger partial charge < -0.3 is 20.9 Å². The van der Waals surface area contributed by atoms with Gasteiger partial charge in [-0.3, -0.25) is 14.9 Å². The van der Waals surface area contributed by atoms with Crippen LogP contribution in [0.3, 0.4) is 0 Å². The smallest absolute Gasteiger partial charge is 0.340 e. The van der Waals surface area contributed by atoms with E-state index in [4.69, 9.17) is 5.73 Å². The van der Waals surface area contributed by atoms with Gasteiger partial charge in [-0.2, -0.15) is 0 Å². The number of carbonyl (C=O) groups excluding carboxylic acids is 2. The van der Waals surface area contributed by atoms with Crippen LogP contribution in [-0.4, -0.2) is 41.7 Å². The van der Waals surface area contributed by atoms with Gasteiger partial charge in [0.25, 0.3) is 5.69 Å². The largest absolute Gasteiger partial charge is 0.465 e. The van der Waals surface area contributed by atoms with E-state index in [1.54, 1.807) is 0 Å². The van der Waals surface area contributed by atoms with Crippen molar-refractivity contribution in [2.75, 3.05) is 19.0 Å². The van der Waals surface area contributed by atoms with Crippen molar-refractivity contribution in [2.24, 2.45) is 5.73 Å². The molecule has 0 saturated carbocycles. The number of aliphatic hydroxyl groups excluding tert-OH is 1. The molecule has 0 aliphatic carbocycles. The predicted molar refractivity (Wildman–Crippen MR) is 68.1 cm³/mol. The number of rotatable bonds is 6. The molecule has 0 saturated heterocycles. The average molecular weight is 301 g/mol. The third-order valence-corrected chi connectivity index (χ3v) is 2.50. The highest BCUT2D eigenvalue weighted by atomic mass is 19.1. The van der Waals surface area contributed by atoms with Crippen molar-refractivity contribution in [3.05, 3.63) is 33.6 Å². The molecule has 1 rings (SSSR count). The third-order valence-electron chi connectivity index (χ3n) is 2.50. The molecular formula is C11H12FN3O6. The number of esters is 1. The first-order valence-electron chi connectivity index (χ1n) is 5.55. The highest BCUT2D eigenvalue weighted by Crippen LogP contribution is 2.28. The van der Waals surface area contributed by atoms with E-state index in [1.807, 2.05) is 0 Å². The van der Waals surface area contributed by atoms with Crippen molar-refractivity contribution in [3.63, 3.8) is 0 Å². The van der Waals surface area contributed by atoms with E-state index >= 15 is 0 Å². The molecule has 0 aliphatic rings. The summed E-state index contributed by atoms with van der Waals surface area (Å²) in [6.07, 6.45) is -1.60. The molecule has 1 atom stereocenters. The molecule has 0 spiro atoms. The zero-order valence-corrected chi connectivity index (χ0v) is 10.8. The molecule has 0 aliphatic heterocycles. The summed E-state index contributed by atoms with van der Waals surface area (Å²) in [5, 5.41) is 22.4. The number of primary amides is 1. The van der Waals surface area contributed by atoms with Crippen LogP contribution >= 0.6 is 0 Å². The maximum atomic E-state index is 13.6. The Kier molecular flexibility index (Phi) is 5.13. The number of nitro benzene ring substituents is 1. The van der Waals surface area contributed by atoms with E-state index < -0.39 is 46.5 Å². The average Bonchev–Trinajstić information content (AvgIpc) is 2.43. The Bertz CT molecular complexity index is 592. The molecule has 10 heteroatoms. The molecule has 0 fully saturated rings. The van der Waals surface area contributed by atoms with Crippen molar-refractivity contribution in [2.45, 2.75) is 6.10 Å². The first kappa shape index (κ1) is 16.3. The van der Waals surface area contributed by atoms with Crippen LogP contribution in [0.25, 0.3) is 0 Å². The fourth-order valence-corrected chi connectivity index (χ4v) is 1.43. The van der Waals surface area contributed by atoms with Crippen LogP contribution in [0.1, 0.15) is 10.4 Å². The number of amides is 1. The quantitative estimate of drug-likeness (QED) is 0.374. The van der Waals surface area contributed by atoms with Crippen molar-refractivity contribution in [1.82, 2.24) is 0 Å². The maximum Gasteiger partial charge on any atom is 0.340 e. The second-order valence-corrected chi connectivity index (χ2v) is 3.90. The Morgan fingerprint density at radius 3 is 2.67 bits per heavy atom. The van der Waals surface area contributed by atoms with Gasteiger partial charge in [-0.1, -0.05) is 0 Å². The number of aliphatic hydroxyl groups is 1. The molecule has 0 bridgehead atoms. The van der Waals surface area contributed by atoms with Crippen LogP contribution in [-0.2, 0) is 9.53 Å². The van der Waals surface area contributed by atoms with Crippen LogP contribution in [0.5, 0.6) is 0 Å². The number of hydrogen-bond acceptors (Lipinski definition) is 7. The molecule has 0 aromatic heterocycles. The minimum absolute atomic E-state index is 0.262. The number of nitrogens with one attached hydrogen (secondary N) is 1. The van der Waals surface area contributed by atoms with Gasteiger partial charge in [0.1, 0.15) is 17.6 Å². The predicted octanol–water partition coefficient (Wildman–Crippen LogP) is -0.221. The van der Waals surface area contributed by atoms with Gasteiger partial charge in [0.15, 0.2) is 0 Å². The summed E-state index contributed by atoms with van der Waals surface area (Å²) in [7, 11) is 1.02. The molecule has 1 amide bonds. The van der Waals surface area contributed by atoms with Gasteiger partial charge in [0.05, 0.1) is 30.2 Å². The van der Waals surface area contributed by atoms with E-state index in [1.165, 1.54) is 0 Å². The van der Waals surface area contributed by atoms with Gasteiger partial charge in [-0.15, -0.1) is 0 Å². The summed E-state index contributed by atoms with van der Waals surface area (Å²) in [6.45, 7) is -0.442. The molecule has 1 aromatic rings. The molecule has 9 nitrogen and oxygen atoms in total. The summed E-state index contributed by atoms with van der Waals surface area (Å²) in [6, 6.07) is 1.39. The van der Waals surface area contributed by atoms with Crippen molar-refractivity contribution in [3.8, 4) is 0 Å². The molecule has 21 heavy (non-hydrogen) atoms. The number of nitro groups is 1. The Balaban J connectivity index is 3.17. The first-order valence-corrected chi connectivity index (χ1v) is 5.55. The van der Waals surface area contributed by atoms with Crippen LogP contribution in [0.15, 0.2) is 12.1 Å². The zero-order chi connectivity index (χ0) is 16.2. The van der Waals surface area contributed by atoms with Gasteiger partial charge in [-0.25, -0.2) is 9.18 Å². The topological polar surface area (TPSA) is 145 Å². The number of halogens is 1. The summed E-state index contributed by atoms with van der Waals surface area (Å²) in [5.41, 5.74) is 3.36. The molecular weight excluding hydrogens is 289 g/mol. The molecule has 0 radical (unpaired) electrons. The highest BCUT2D eigenvalue weighted by Gasteiger charge is 2.23. The number of anilines is 1. The fraction of sp³-hybridized carbons (Fsp3) is 0.273. The maximum absolute atomic E-state index is 13.6. The van der Waals surface area contributed by atoms with Crippen LogP contribution in [0, 0.1) is 15.9 Å². The Morgan fingerprint density at radius 2 is 2.19 bits per heavy atom. The number of benzene rings is 1. The van der Waals surface area contributed by atoms with Crippen LogP contribution in [0.2, 0.25) is 0 Å². The van der Waals surface area contributed by atoms with Crippen molar-refractivity contribution >= 4 is 23.3 Å². The Hall–Kier alpha value is -2.75. The minimum atomic E-state index is -1.60. The summed E-state index contributed by atoms with van der Waals surface area (Å²) in [4.78, 5) is 32.0. The normalized spacial score (nSPS) is 11.6. The Labute approximate surface area is 117 Å². The minimum Gasteiger partial charge on any atom is -0.465 e. The van der Waals surface area contributed by atoms with Crippen molar-refractivity contribution < 1.29 is 28.7 Å². The molecule has 114 valence electrons. The number of carbonyl (C=O) groups is 2. The number of ether oxygens (including phenoxy) is 1. The van der Waals surface area contributed by atoms with E-state index in [0.29, 0.717) is 6.07 Å². The lowest BCUT2D eigenvalue weighted by Gasteiger charge is -2.11. The van der Waals surface area contributed by atoms with Crippen molar-refractivity contribution in [1.29, 1.82) is 0 Å². The van der Waals surface area contributed by atoms with Gasteiger partial charge in [0.2, 0.25) is 5.91 Å². The standard InChI is InChI=1S/C11H12FN3O6/c1-21-11(18)5-2-7(14-4-9(16)10(13)17)8(15(19)20)3-6(5)12/h2-3,9,14,16H,4H2,1H3,(H2,13,17). The number of methoxy groups -OCH3 is 1. The fourth-order valence-electron chi connectivity index (χ4n) is 1.43. The van der Waals surface area contributed by atoms with Gasteiger partial charge >= 0.3 is 5.97 Å². The van der Waals surface area contributed by atoms with Crippen LogP contribution < -0.4 is 11.1 Å². The Morgan fingerprint density at radius 1 is 1.57 bits per heavy atom. The lowest BCUT2D eigenvalue weighted by atomic mass is 10.1. The van der Waals surface area contributed by atoms with E-state index in [9.17, 15) is 29.2 Å².